The average molecular weight is 387 g/mol. The van der Waals surface area contributed by atoms with Crippen molar-refractivity contribution in [3.63, 3.8) is 0 Å². The van der Waals surface area contributed by atoms with Gasteiger partial charge in [-0.2, -0.15) is 4.31 Å². The number of nitrogens with zero attached hydrogens (tertiary/aromatic N) is 2. The van der Waals surface area contributed by atoms with E-state index in [9.17, 15) is 13.5 Å². The average Bonchev–Trinajstić information content (AvgIpc) is 2.90. The van der Waals surface area contributed by atoms with Crippen molar-refractivity contribution in [2.75, 3.05) is 25.9 Å². The largest absolute Gasteiger partial charge is 0.508 e. The minimum atomic E-state index is -3.25. The summed E-state index contributed by atoms with van der Waals surface area (Å²) >= 11 is 0. The van der Waals surface area contributed by atoms with Crippen molar-refractivity contribution in [2.45, 2.75) is 25.9 Å². The lowest BCUT2D eigenvalue weighted by atomic mass is 9.80. The van der Waals surface area contributed by atoms with Gasteiger partial charge in [-0.3, -0.25) is 4.90 Å². The molecule has 1 N–H and O–H groups in total. The highest BCUT2D eigenvalue weighted by molar-refractivity contribution is 7.88. The second-order valence-electron chi connectivity index (χ2n) is 8.10. The number of phenols is 1. The Kier molecular flexibility index (Phi) is 4.74. The Morgan fingerprint density at radius 1 is 1.04 bits per heavy atom. The van der Waals surface area contributed by atoms with Crippen molar-refractivity contribution < 1.29 is 13.5 Å². The first-order valence-corrected chi connectivity index (χ1v) is 11.2. The molecule has 4 rings (SSSR count). The van der Waals surface area contributed by atoms with Crippen LogP contribution in [0.4, 0.5) is 0 Å². The van der Waals surface area contributed by atoms with E-state index in [1.165, 1.54) is 17.4 Å². The van der Waals surface area contributed by atoms with Crippen LogP contribution in [0.5, 0.6) is 5.75 Å². The first-order valence-electron chi connectivity index (χ1n) is 9.35. The molecule has 2 aromatic rings. The van der Waals surface area contributed by atoms with Gasteiger partial charge in [0.2, 0.25) is 10.0 Å². The maximum atomic E-state index is 12.4. The van der Waals surface area contributed by atoms with Crippen LogP contribution in [0.3, 0.4) is 0 Å². The predicted octanol–water partition coefficient (Wildman–Crippen LogP) is 2.60. The molecule has 1 unspecified atom stereocenters. The number of rotatable bonds is 3. The molecule has 2 heterocycles. The first-order chi connectivity index (χ1) is 12.8. The summed E-state index contributed by atoms with van der Waals surface area (Å²) in [6.07, 6.45) is 3.23. The molecule has 27 heavy (non-hydrogen) atoms. The zero-order valence-electron chi connectivity index (χ0n) is 15.6. The number of benzene rings is 2. The maximum absolute atomic E-state index is 12.4. The molecule has 1 spiro atoms. The van der Waals surface area contributed by atoms with Crippen molar-refractivity contribution in [3.8, 4) is 5.75 Å². The molecular weight excluding hydrogens is 360 g/mol. The molecule has 1 saturated heterocycles. The Hall–Kier alpha value is -1.89. The van der Waals surface area contributed by atoms with E-state index >= 15 is 0 Å². The van der Waals surface area contributed by atoms with E-state index in [0.717, 1.165) is 38.0 Å². The summed E-state index contributed by atoms with van der Waals surface area (Å²) in [6.45, 7) is 3.71. The van der Waals surface area contributed by atoms with Crippen molar-refractivity contribution in [2.24, 2.45) is 5.41 Å². The molecule has 0 amide bonds. The number of phenolic OH excluding ortho intramolecular Hbond substituents is 1. The topological polar surface area (TPSA) is 60.9 Å². The maximum Gasteiger partial charge on any atom is 0.211 e. The van der Waals surface area contributed by atoms with Gasteiger partial charge in [0, 0.05) is 31.6 Å². The summed E-state index contributed by atoms with van der Waals surface area (Å²) in [4.78, 5) is 2.40. The smallest absolute Gasteiger partial charge is 0.211 e. The van der Waals surface area contributed by atoms with Gasteiger partial charge in [-0.05, 0) is 48.2 Å². The third-order valence-electron chi connectivity index (χ3n) is 5.87. The van der Waals surface area contributed by atoms with E-state index in [-0.39, 0.29) is 11.2 Å². The second-order valence-corrected chi connectivity index (χ2v) is 10.1. The molecule has 6 heteroatoms. The van der Waals surface area contributed by atoms with E-state index in [2.05, 4.69) is 17.0 Å². The summed E-state index contributed by atoms with van der Waals surface area (Å²) in [7, 11) is -3.25. The van der Waals surface area contributed by atoms with Gasteiger partial charge in [0.25, 0.3) is 0 Å². The van der Waals surface area contributed by atoms with Crippen LogP contribution in [0, 0.1) is 5.41 Å². The molecule has 0 saturated carbocycles. The summed E-state index contributed by atoms with van der Waals surface area (Å²) in [5.74, 6) is 0.279. The predicted molar refractivity (Wildman–Crippen MR) is 106 cm³/mol. The second kappa shape index (κ2) is 6.93. The Labute approximate surface area is 161 Å². The summed E-state index contributed by atoms with van der Waals surface area (Å²) in [6, 6.07) is 15.6. The molecule has 0 aromatic heterocycles. The number of fused-ring (bicyclic) bond motifs is 1. The van der Waals surface area contributed by atoms with E-state index in [4.69, 9.17) is 0 Å². The molecule has 1 atom stereocenters. The van der Waals surface area contributed by atoms with Crippen LogP contribution in [0.1, 0.15) is 23.1 Å². The zero-order chi connectivity index (χ0) is 19.1. The fourth-order valence-corrected chi connectivity index (χ4v) is 5.38. The SMILES string of the molecule is CS(=O)(=O)N1Cc2ccccc2CC2(CCN(Cc3ccc(O)cc3)C2)C1. The van der Waals surface area contributed by atoms with Crippen LogP contribution in [-0.2, 0) is 29.5 Å². The number of likely N-dealkylation sites (tertiary alicyclic amines) is 1. The van der Waals surface area contributed by atoms with Gasteiger partial charge in [0.05, 0.1) is 6.26 Å². The van der Waals surface area contributed by atoms with Gasteiger partial charge in [0.15, 0.2) is 0 Å². The van der Waals surface area contributed by atoms with Crippen molar-refractivity contribution in [3.05, 3.63) is 65.2 Å². The molecule has 144 valence electrons. The lowest BCUT2D eigenvalue weighted by Crippen LogP contribution is -2.41. The molecule has 2 aromatic carbocycles. The van der Waals surface area contributed by atoms with E-state index in [0.29, 0.717) is 13.1 Å². The van der Waals surface area contributed by atoms with Crippen molar-refractivity contribution in [1.82, 2.24) is 9.21 Å². The Balaban J connectivity index is 1.58. The standard InChI is InChI=1S/C21H26N2O3S/c1-27(25,26)23-14-19-5-3-2-4-18(19)12-21(16-23)10-11-22(15-21)13-17-6-8-20(24)9-7-17/h2-9,24H,10-16H2,1H3. The fraction of sp³-hybridized carbons (Fsp3) is 0.429. The van der Waals surface area contributed by atoms with Gasteiger partial charge in [-0.1, -0.05) is 36.4 Å². The van der Waals surface area contributed by atoms with Crippen molar-refractivity contribution >= 4 is 10.0 Å². The summed E-state index contributed by atoms with van der Waals surface area (Å²) in [5, 5.41) is 9.47. The minimum absolute atomic E-state index is 0.0490. The lowest BCUT2D eigenvalue weighted by molar-refractivity contribution is 0.207. The molecule has 0 radical (unpaired) electrons. The number of hydrogen-bond acceptors (Lipinski definition) is 4. The van der Waals surface area contributed by atoms with Crippen LogP contribution < -0.4 is 0 Å². The van der Waals surface area contributed by atoms with E-state index in [1.807, 2.05) is 24.3 Å². The molecule has 0 bridgehead atoms. The number of aromatic hydroxyl groups is 1. The molecule has 5 nitrogen and oxygen atoms in total. The molecular formula is C21H26N2O3S. The van der Waals surface area contributed by atoms with Crippen LogP contribution in [0.2, 0.25) is 0 Å². The van der Waals surface area contributed by atoms with Gasteiger partial charge in [0.1, 0.15) is 5.75 Å². The van der Waals surface area contributed by atoms with Gasteiger partial charge >= 0.3 is 0 Å². The van der Waals surface area contributed by atoms with E-state index < -0.39 is 10.0 Å². The monoisotopic (exact) mass is 386 g/mol. The third-order valence-corrected chi connectivity index (χ3v) is 7.07. The van der Waals surface area contributed by atoms with Crippen LogP contribution in [0.25, 0.3) is 0 Å². The molecule has 0 aliphatic carbocycles. The highest BCUT2D eigenvalue weighted by atomic mass is 32.2. The van der Waals surface area contributed by atoms with Crippen LogP contribution >= 0.6 is 0 Å². The minimum Gasteiger partial charge on any atom is -0.508 e. The Morgan fingerprint density at radius 3 is 2.44 bits per heavy atom. The van der Waals surface area contributed by atoms with Crippen LogP contribution in [-0.4, -0.2) is 48.6 Å². The third kappa shape index (κ3) is 4.03. The Morgan fingerprint density at radius 2 is 1.74 bits per heavy atom. The molecule has 1 fully saturated rings. The van der Waals surface area contributed by atoms with Gasteiger partial charge in [-0.25, -0.2) is 8.42 Å². The van der Waals surface area contributed by atoms with E-state index in [1.54, 1.807) is 16.4 Å². The highest BCUT2D eigenvalue weighted by Gasteiger charge is 2.43. The highest BCUT2D eigenvalue weighted by Crippen LogP contribution is 2.39. The van der Waals surface area contributed by atoms with Crippen molar-refractivity contribution in [1.29, 1.82) is 0 Å². The summed E-state index contributed by atoms with van der Waals surface area (Å²) < 4.78 is 26.4. The van der Waals surface area contributed by atoms with Gasteiger partial charge < -0.3 is 5.11 Å². The number of hydrogen-bond donors (Lipinski definition) is 1. The number of sulfonamides is 1. The lowest BCUT2D eigenvalue weighted by Gasteiger charge is -2.32. The quantitative estimate of drug-likeness (QED) is 0.881. The van der Waals surface area contributed by atoms with Crippen LogP contribution in [0.15, 0.2) is 48.5 Å². The fourth-order valence-electron chi connectivity index (χ4n) is 4.49. The first kappa shape index (κ1) is 18.5. The van der Waals surface area contributed by atoms with Gasteiger partial charge in [-0.15, -0.1) is 0 Å². The molecule has 2 aliphatic heterocycles. The normalized spacial score (nSPS) is 24.0. The Bertz CT molecular complexity index is 927. The molecule has 2 aliphatic rings. The zero-order valence-corrected chi connectivity index (χ0v) is 16.5. The summed E-state index contributed by atoms with van der Waals surface area (Å²) in [5.41, 5.74) is 3.51.